The van der Waals surface area contributed by atoms with Gasteiger partial charge in [0.1, 0.15) is 0 Å². The van der Waals surface area contributed by atoms with Gasteiger partial charge >= 0.3 is 6.18 Å². The molecule has 1 saturated heterocycles. The fourth-order valence-electron chi connectivity index (χ4n) is 2.20. The van der Waals surface area contributed by atoms with Crippen LogP contribution in [0.2, 0.25) is 0 Å². The number of nitrogens with zero attached hydrogens (tertiary/aromatic N) is 1. The van der Waals surface area contributed by atoms with Crippen LogP contribution < -0.4 is 0 Å². The van der Waals surface area contributed by atoms with E-state index in [4.69, 9.17) is 4.74 Å². The third kappa shape index (κ3) is 3.50. The smallest absolute Gasteiger partial charge is 0.376 e. The summed E-state index contributed by atoms with van der Waals surface area (Å²) in [6.07, 6.45) is -2.47. The molecule has 0 bridgehead atoms. The summed E-state index contributed by atoms with van der Waals surface area (Å²) in [5.41, 5.74) is -0.505. The van der Waals surface area contributed by atoms with E-state index in [1.807, 2.05) is 0 Å². The lowest BCUT2D eigenvalue weighted by Gasteiger charge is -2.21. The number of carbonyl (C=O) groups excluding carboxylic acids is 1. The van der Waals surface area contributed by atoms with Crippen molar-refractivity contribution < 1.29 is 22.7 Å². The maximum absolute atomic E-state index is 12.4. The van der Waals surface area contributed by atoms with Gasteiger partial charge in [-0.15, -0.1) is 0 Å². The predicted molar refractivity (Wildman–Crippen MR) is 67.4 cm³/mol. The normalized spacial score (nSPS) is 19.1. The highest BCUT2D eigenvalue weighted by Gasteiger charge is 2.30. The summed E-state index contributed by atoms with van der Waals surface area (Å²) in [7, 11) is 1.63. The van der Waals surface area contributed by atoms with Crippen LogP contribution in [0.15, 0.2) is 24.3 Å². The number of benzene rings is 1. The van der Waals surface area contributed by atoms with Gasteiger partial charge in [-0.25, -0.2) is 0 Å². The Labute approximate surface area is 115 Å². The summed E-state index contributed by atoms with van der Waals surface area (Å²) in [4.78, 5) is 13.6. The van der Waals surface area contributed by atoms with Gasteiger partial charge in [0.25, 0.3) is 5.91 Å². The van der Waals surface area contributed by atoms with E-state index in [1.165, 1.54) is 17.0 Å². The summed E-state index contributed by atoms with van der Waals surface area (Å²) >= 11 is 0. The first-order valence-corrected chi connectivity index (χ1v) is 6.42. The standard InChI is InChI=1S/C14H16F3NO2/c1-18(9-12-3-2-8-20-12)13(19)10-4-6-11(7-5-10)14(15,16)17/h4-7,12H,2-3,8-9H2,1H3. The molecule has 1 aliphatic heterocycles. The largest absolute Gasteiger partial charge is 0.416 e. The molecule has 110 valence electrons. The van der Waals surface area contributed by atoms with Gasteiger partial charge in [0.05, 0.1) is 11.7 Å². The second-order valence-electron chi connectivity index (χ2n) is 4.90. The van der Waals surface area contributed by atoms with Crippen molar-refractivity contribution in [1.82, 2.24) is 4.90 Å². The number of alkyl halides is 3. The van der Waals surface area contributed by atoms with Gasteiger partial charge in [-0.2, -0.15) is 13.2 Å². The van der Waals surface area contributed by atoms with Crippen molar-refractivity contribution in [2.24, 2.45) is 0 Å². The Morgan fingerprint density at radius 2 is 2.00 bits per heavy atom. The highest BCUT2D eigenvalue weighted by Crippen LogP contribution is 2.29. The SMILES string of the molecule is CN(CC1CCCO1)C(=O)c1ccc(C(F)(F)F)cc1. The van der Waals surface area contributed by atoms with Gasteiger partial charge in [-0.1, -0.05) is 0 Å². The Morgan fingerprint density at radius 1 is 1.35 bits per heavy atom. The van der Waals surface area contributed by atoms with Crippen LogP contribution in [0.3, 0.4) is 0 Å². The molecule has 1 atom stereocenters. The molecule has 1 unspecified atom stereocenters. The first-order valence-electron chi connectivity index (χ1n) is 6.42. The van der Waals surface area contributed by atoms with E-state index in [1.54, 1.807) is 7.05 Å². The fraction of sp³-hybridized carbons (Fsp3) is 0.500. The molecule has 1 aromatic rings. The van der Waals surface area contributed by atoms with E-state index >= 15 is 0 Å². The van der Waals surface area contributed by atoms with Gasteiger partial charge in [0.2, 0.25) is 0 Å². The van der Waals surface area contributed by atoms with Crippen molar-refractivity contribution in [3.63, 3.8) is 0 Å². The van der Waals surface area contributed by atoms with Crippen LogP contribution in [0.1, 0.15) is 28.8 Å². The minimum absolute atomic E-state index is 0.0263. The second-order valence-corrected chi connectivity index (χ2v) is 4.90. The van der Waals surface area contributed by atoms with E-state index in [0.717, 1.165) is 25.0 Å². The zero-order valence-corrected chi connectivity index (χ0v) is 11.1. The van der Waals surface area contributed by atoms with Crippen LogP contribution in [0.5, 0.6) is 0 Å². The minimum Gasteiger partial charge on any atom is -0.376 e. The number of hydrogen-bond donors (Lipinski definition) is 0. The number of amides is 1. The quantitative estimate of drug-likeness (QED) is 0.855. The third-order valence-corrected chi connectivity index (χ3v) is 3.31. The molecule has 1 aromatic carbocycles. The van der Waals surface area contributed by atoms with Crippen LogP contribution in [0.25, 0.3) is 0 Å². The maximum atomic E-state index is 12.4. The van der Waals surface area contributed by atoms with Crippen molar-refractivity contribution in [2.45, 2.75) is 25.1 Å². The molecule has 1 heterocycles. The lowest BCUT2D eigenvalue weighted by atomic mass is 10.1. The minimum atomic E-state index is -4.38. The number of halogens is 3. The number of likely N-dealkylation sites (N-methyl/N-ethyl adjacent to an activating group) is 1. The van der Waals surface area contributed by atoms with E-state index < -0.39 is 11.7 Å². The van der Waals surface area contributed by atoms with Crippen LogP contribution in [-0.2, 0) is 10.9 Å². The molecule has 6 heteroatoms. The lowest BCUT2D eigenvalue weighted by molar-refractivity contribution is -0.137. The average Bonchev–Trinajstić information content (AvgIpc) is 2.90. The lowest BCUT2D eigenvalue weighted by Crippen LogP contribution is -2.34. The van der Waals surface area contributed by atoms with Crippen molar-refractivity contribution in [1.29, 1.82) is 0 Å². The molecule has 1 amide bonds. The summed E-state index contributed by atoms with van der Waals surface area (Å²) in [6, 6.07) is 4.26. The number of ether oxygens (including phenoxy) is 1. The van der Waals surface area contributed by atoms with Crippen LogP contribution >= 0.6 is 0 Å². The maximum Gasteiger partial charge on any atom is 0.416 e. The molecule has 0 N–H and O–H groups in total. The summed E-state index contributed by atoms with van der Waals surface area (Å²) in [6.45, 7) is 1.16. The molecule has 0 saturated carbocycles. The van der Waals surface area contributed by atoms with Gasteiger partial charge in [-0.05, 0) is 37.1 Å². The van der Waals surface area contributed by atoms with Gasteiger partial charge < -0.3 is 9.64 Å². The monoisotopic (exact) mass is 287 g/mol. The number of hydrogen-bond acceptors (Lipinski definition) is 2. The Hall–Kier alpha value is -1.56. The van der Waals surface area contributed by atoms with Crippen LogP contribution in [0.4, 0.5) is 13.2 Å². The van der Waals surface area contributed by atoms with Gasteiger partial charge in [0, 0.05) is 25.8 Å². The summed E-state index contributed by atoms with van der Waals surface area (Å²) in [5, 5.41) is 0. The number of rotatable bonds is 3. The zero-order chi connectivity index (χ0) is 14.8. The van der Waals surface area contributed by atoms with Crippen LogP contribution in [-0.4, -0.2) is 37.1 Å². The number of carbonyl (C=O) groups is 1. The average molecular weight is 287 g/mol. The van der Waals surface area contributed by atoms with Crippen molar-refractivity contribution in [2.75, 3.05) is 20.2 Å². The molecular weight excluding hydrogens is 271 g/mol. The van der Waals surface area contributed by atoms with Gasteiger partial charge in [0.15, 0.2) is 0 Å². The predicted octanol–water partition coefficient (Wildman–Crippen LogP) is 2.96. The summed E-state index contributed by atoms with van der Waals surface area (Å²) < 4.78 is 42.7. The molecule has 0 spiro atoms. The van der Waals surface area contributed by atoms with Crippen LogP contribution in [0, 0.1) is 0 Å². The molecule has 20 heavy (non-hydrogen) atoms. The van der Waals surface area contributed by atoms with Crippen molar-refractivity contribution in [3.05, 3.63) is 35.4 Å². The Balaban J connectivity index is 2.01. The molecule has 0 aliphatic carbocycles. The molecule has 0 radical (unpaired) electrons. The van der Waals surface area contributed by atoms with E-state index in [2.05, 4.69) is 0 Å². The van der Waals surface area contributed by atoms with E-state index in [9.17, 15) is 18.0 Å². The fourth-order valence-corrected chi connectivity index (χ4v) is 2.20. The molecule has 1 aliphatic rings. The van der Waals surface area contributed by atoms with E-state index in [0.29, 0.717) is 13.2 Å². The molecule has 3 nitrogen and oxygen atoms in total. The third-order valence-electron chi connectivity index (χ3n) is 3.31. The van der Waals surface area contributed by atoms with Crippen molar-refractivity contribution >= 4 is 5.91 Å². The summed E-state index contributed by atoms with van der Waals surface area (Å²) in [5.74, 6) is -0.297. The molecule has 1 fully saturated rings. The Kier molecular flexibility index (Phi) is 4.32. The topological polar surface area (TPSA) is 29.5 Å². The van der Waals surface area contributed by atoms with Gasteiger partial charge in [-0.3, -0.25) is 4.79 Å². The van der Waals surface area contributed by atoms with Crippen molar-refractivity contribution in [3.8, 4) is 0 Å². The highest BCUT2D eigenvalue weighted by molar-refractivity contribution is 5.94. The Morgan fingerprint density at radius 3 is 2.50 bits per heavy atom. The second kappa shape index (κ2) is 5.83. The molecule has 0 aromatic heterocycles. The highest BCUT2D eigenvalue weighted by atomic mass is 19.4. The molecule has 2 rings (SSSR count). The Bertz CT molecular complexity index is 464. The first kappa shape index (κ1) is 14.8. The van der Waals surface area contributed by atoms with E-state index in [-0.39, 0.29) is 17.6 Å². The molecular formula is C14H16F3NO2. The first-order chi connectivity index (χ1) is 9.38. The zero-order valence-electron chi connectivity index (χ0n) is 11.1.